The molecule has 0 aromatic heterocycles. The third-order valence-corrected chi connectivity index (χ3v) is 12.2. The zero-order valence-electron chi connectivity index (χ0n) is 11.0. The maximum Gasteiger partial charge on any atom is 0.172 e. The Balaban J connectivity index is 5.26. The second kappa shape index (κ2) is 4.28. The fraction of sp³-hybridized carbons (Fsp3) is 0.800. The highest BCUT2D eigenvalue weighted by Crippen LogP contribution is 2.29. The van der Waals surface area contributed by atoms with E-state index in [1.54, 1.807) is 4.82 Å². The highest BCUT2D eigenvalue weighted by atomic mass is 35.6. The third-order valence-electron chi connectivity index (χ3n) is 2.03. The summed E-state index contributed by atoms with van der Waals surface area (Å²) in [6.07, 6.45) is 0. The number of hydrogen-bond donors (Lipinski definition) is 0. The van der Waals surface area contributed by atoms with Gasteiger partial charge in [-0.05, 0) is 0 Å². The number of hydrogen-bond acceptors (Lipinski definition) is 0. The van der Waals surface area contributed by atoms with E-state index in [0.29, 0.717) is 0 Å². The van der Waals surface area contributed by atoms with Gasteiger partial charge in [-0.2, -0.15) is 11.1 Å². The van der Waals surface area contributed by atoms with Crippen LogP contribution in [-0.4, -0.2) is 23.5 Å². The summed E-state index contributed by atoms with van der Waals surface area (Å²) < 4.78 is 0. The van der Waals surface area contributed by atoms with Crippen LogP contribution in [0.2, 0.25) is 52.4 Å². The molecule has 0 fully saturated rings. The molecule has 0 aliphatic heterocycles. The molecule has 0 aromatic rings. The van der Waals surface area contributed by atoms with Crippen LogP contribution in [0.4, 0.5) is 0 Å². The van der Waals surface area contributed by atoms with Gasteiger partial charge in [-0.25, -0.2) is 0 Å². The molecule has 0 N–H and O–H groups in total. The van der Waals surface area contributed by atoms with Gasteiger partial charge in [-0.1, -0.05) is 57.2 Å². The van der Waals surface area contributed by atoms with Crippen LogP contribution in [0.1, 0.15) is 0 Å². The van der Waals surface area contributed by atoms with Gasteiger partial charge in [-0.3, -0.25) is 0 Å². The van der Waals surface area contributed by atoms with Crippen molar-refractivity contribution in [1.82, 2.24) is 0 Å². The van der Waals surface area contributed by atoms with Gasteiger partial charge < -0.3 is 0 Å². The van der Waals surface area contributed by atoms with E-state index in [1.165, 1.54) is 0 Å². The Kier molecular flexibility index (Phi) is 4.48. The predicted octanol–water partition coefficient (Wildman–Crippen LogP) is 4.65. The molecule has 4 heteroatoms. The fourth-order valence-electron chi connectivity index (χ4n) is 1.71. The largest absolute Gasteiger partial charge is 0.172 e. The van der Waals surface area contributed by atoms with E-state index in [0.717, 1.165) is 0 Å². The molecule has 0 atom stereocenters. The van der Waals surface area contributed by atoms with E-state index in [1.807, 2.05) is 0 Å². The normalized spacial score (nSPS) is 15.9. The first-order chi connectivity index (χ1) is 5.84. The van der Waals surface area contributed by atoms with Gasteiger partial charge in [-0.15, -0.1) is 5.70 Å². The molecule has 0 aliphatic rings. The third kappa shape index (κ3) is 5.53. The van der Waals surface area contributed by atoms with Gasteiger partial charge in [0, 0.05) is 0 Å². The highest BCUT2D eigenvalue weighted by Gasteiger charge is 2.34. The zero-order valence-corrected chi connectivity index (χ0v) is 14.7. The lowest BCUT2D eigenvalue weighted by molar-refractivity contribution is 1.66. The lowest BCUT2D eigenvalue weighted by Gasteiger charge is -2.31. The predicted molar refractivity (Wildman–Crippen MR) is 78.1 cm³/mol. The zero-order chi connectivity index (χ0) is 11.8. The van der Waals surface area contributed by atoms with Gasteiger partial charge in [0.15, 0.2) is 7.38 Å². The molecule has 0 bridgehead atoms. The summed E-state index contributed by atoms with van der Waals surface area (Å²) >= 11 is 6.62. The summed E-state index contributed by atoms with van der Waals surface area (Å²) in [6, 6.07) is 0. The van der Waals surface area contributed by atoms with Crippen molar-refractivity contribution in [2.24, 2.45) is 0 Å². The molecular weight excluding hydrogens is 240 g/mol. The van der Waals surface area contributed by atoms with Crippen molar-refractivity contribution in [3.05, 3.63) is 10.5 Å². The van der Waals surface area contributed by atoms with E-state index >= 15 is 0 Å². The van der Waals surface area contributed by atoms with Gasteiger partial charge in [0.1, 0.15) is 0 Å². The van der Waals surface area contributed by atoms with Crippen LogP contribution < -0.4 is 0 Å². The summed E-state index contributed by atoms with van der Waals surface area (Å²) in [5.74, 6) is 0. The lowest BCUT2D eigenvalue weighted by Crippen LogP contribution is -2.40. The molecule has 0 radical (unpaired) electrons. The van der Waals surface area contributed by atoms with Crippen LogP contribution in [0.25, 0.3) is 0 Å². The van der Waals surface area contributed by atoms with E-state index in [9.17, 15) is 0 Å². The summed E-state index contributed by atoms with van der Waals surface area (Å²) in [7, 11) is -3.93. The second-order valence-corrected chi connectivity index (χ2v) is 23.5. The average Bonchev–Trinajstić information content (AvgIpc) is 1.75. The monoisotopic (exact) mass is 264 g/mol. The fourth-order valence-corrected chi connectivity index (χ4v) is 18.5. The van der Waals surface area contributed by atoms with Crippen molar-refractivity contribution >= 4 is 34.6 Å². The molecule has 84 valence electrons. The highest BCUT2D eigenvalue weighted by molar-refractivity contribution is 7.29. The van der Waals surface area contributed by atoms with Gasteiger partial charge in [0.2, 0.25) is 0 Å². The van der Waals surface area contributed by atoms with E-state index in [4.69, 9.17) is 11.1 Å². The Bertz CT molecular complexity index is 209. The Hall–Kier alpha value is 0.681. The first-order valence-electron chi connectivity index (χ1n) is 5.27. The Morgan fingerprint density at radius 1 is 0.857 bits per heavy atom. The van der Waals surface area contributed by atoms with E-state index in [-0.39, 0.29) is 0 Å². The van der Waals surface area contributed by atoms with Crippen LogP contribution in [0.5, 0.6) is 0 Å². The summed E-state index contributed by atoms with van der Waals surface area (Å²) in [4.78, 5) is 1.66. The van der Waals surface area contributed by atoms with Crippen molar-refractivity contribution in [2.75, 3.05) is 0 Å². The standard InChI is InChI=1S/C10H25ClSi3/c1-12(2,3)9-10(13(4,5)6)14(7,8)11/h9H,1-8H3/b10-9-. The molecule has 14 heavy (non-hydrogen) atoms. The second-order valence-electron chi connectivity index (χ2n) is 6.65. The SMILES string of the molecule is C[Si](C)(C)/C=C(/[Si](C)(C)C)[Si](C)(C)Cl. The number of halogens is 1. The van der Waals surface area contributed by atoms with Crippen molar-refractivity contribution < 1.29 is 0 Å². The number of rotatable bonds is 3. The van der Waals surface area contributed by atoms with E-state index < -0.39 is 23.5 Å². The molecule has 0 nitrogen and oxygen atoms in total. The van der Waals surface area contributed by atoms with E-state index in [2.05, 4.69) is 58.1 Å². The minimum absolute atomic E-state index is 1.12. The van der Waals surface area contributed by atoms with Crippen molar-refractivity contribution in [3.63, 3.8) is 0 Å². The van der Waals surface area contributed by atoms with Gasteiger partial charge in [0.25, 0.3) is 0 Å². The first kappa shape index (κ1) is 14.7. The Labute approximate surface area is 97.5 Å². The molecule has 0 saturated carbocycles. The van der Waals surface area contributed by atoms with Crippen LogP contribution in [-0.2, 0) is 0 Å². The Morgan fingerprint density at radius 3 is 1.29 bits per heavy atom. The van der Waals surface area contributed by atoms with Crippen molar-refractivity contribution in [2.45, 2.75) is 52.4 Å². The van der Waals surface area contributed by atoms with Crippen LogP contribution >= 0.6 is 11.1 Å². The molecule has 0 aromatic carbocycles. The molecule has 0 rings (SSSR count). The summed E-state index contributed by atoms with van der Waals surface area (Å²) in [5.41, 5.74) is 2.57. The smallest absolute Gasteiger partial charge is 0.162 e. The van der Waals surface area contributed by atoms with Gasteiger partial charge >= 0.3 is 0 Å². The first-order valence-corrected chi connectivity index (χ1v) is 16.4. The van der Waals surface area contributed by atoms with Crippen molar-refractivity contribution in [1.29, 1.82) is 0 Å². The molecule has 0 amide bonds. The molecule has 0 unspecified atom stereocenters. The average molecular weight is 265 g/mol. The minimum atomic E-state index is -1.60. The minimum Gasteiger partial charge on any atom is -0.162 e. The molecule has 0 heterocycles. The summed E-state index contributed by atoms with van der Waals surface area (Å²) in [6.45, 7) is 18.9. The van der Waals surface area contributed by atoms with Crippen molar-refractivity contribution in [3.8, 4) is 0 Å². The quantitative estimate of drug-likeness (QED) is 0.514. The topological polar surface area (TPSA) is 0 Å². The molecular formula is C10H25ClSi3. The van der Waals surface area contributed by atoms with Crippen LogP contribution in [0, 0.1) is 0 Å². The summed E-state index contributed by atoms with van der Waals surface area (Å²) in [5, 5.41) is 0. The van der Waals surface area contributed by atoms with Crippen LogP contribution in [0.15, 0.2) is 10.5 Å². The Morgan fingerprint density at radius 2 is 1.21 bits per heavy atom. The lowest BCUT2D eigenvalue weighted by atomic mass is 11.2. The van der Waals surface area contributed by atoms with Gasteiger partial charge in [0.05, 0.1) is 16.1 Å². The molecule has 0 spiro atoms. The maximum absolute atomic E-state index is 6.62. The molecule has 0 aliphatic carbocycles. The van der Waals surface area contributed by atoms with Crippen LogP contribution in [0.3, 0.4) is 0 Å². The molecule has 0 saturated heterocycles. The maximum atomic E-state index is 6.62.